The van der Waals surface area contributed by atoms with Crippen LogP contribution in [0.3, 0.4) is 0 Å². The molecule has 1 N–H and O–H groups in total. The molecule has 0 aliphatic heterocycles. The molecule has 0 atom stereocenters. The second-order valence-corrected chi connectivity index (χ2v) is 5.15. The lowest BCUT2D eigenvalue weighted by Gasteiger charge is -2.10. The maximum atomic E-state index is 11.1. The van der Waals surface area contributed by atoms with E-state index in [4.69, 9.17) is 9.84 Å². The number of carbonyl (C=O) groups is 1. The smallest absolute Gasteiger partial charge is 0.358 e. The molecule has 112 valence electrons. The van der Waals surface area contributed by atoms with Crippen molar-refractivity contribution in [1.29, 1.82) is 0 Å². The summed E-state index contributed by atoms with van der Waals surface area (Å²) < 4.78 is 7.17. The van der Waals surface area contributed by atoms with Crippen LogP contribution >= 0.6 is 0 Å². The van der Waals surface area contributed by atoms with Gasteiger partial charge in [0.25, 0.3) is 0 Å². The molecule has 2 rings (SSSR count). The number of rotatable bonds is 6. The molecule has 0 radical (unpaired) electrons. The molecule has 0 aliphatic carbocycles. The normalized spacial score (nSPS) is 10.9. The Morgan fingerprint density at radius 1 is 1.33 bits per heavy atom. The molecule has 0 spiro atoms. The van der Waals surface area contributed by atoms with E-state index in [2.05, 4.69) is 24.2 Å². The lowest BCUT2D eigenvalue weighted by molar-refractivity contribution is 0.0689. The van der Waals surface area contributed by atoms with E-state index in [9.17, 15) is 4.79 Å². The summed E-state index contributed by atoms with van der Waals surface area (Å²) in [6, 6.07) is 7.38. The molecule has 0 saturated carbocycles. The van der Waals surface area contributed by atoms with Gasteiger partial charge in [-0.15, -0.1) is 5.10 Å². The fourth-order valence-corrected chi connectivity index (χ4v) is 1.94. The van der Waals surface area contributed by atoms with Gasteiger partial charge >= 0.3 is 5.97 Å². The highest BCUT2D eigenvalue weighted by Gasteiger charge is 2.18. The number of nitrogens with zero attached hydrogens (tertiary/aromatic N) is 3. The summed E-state index contributed by atoms with van der Waals surface area (Å²) in [7, 11) is 0. The van der Waals surface area contributed by atoms with Crippen molar-refractivity contribution in [3.8, 4) is 11.4 Å². The number of aromatic carboxylic acids is 1. The largest absolute Gasteiger partial charge is 0.493 e. The van der Waals surface area contributed by atoms with Gasteiger partial charge in [-0.05, 0) is 36.6 Å². The van der Waals surface area contributed by atoms with Gasteiger partial charge in [0.1, 0.15) is 5.75 Å². The van der Waals surface area contributed by atoms with Gasteiger partial charge in [0, 0.05) is 0 Å². The average molecular weight is 289 g/mol. The van der Waals surface area contributed by atoms with Crippen LogP contribution in [0.1, 0.15) is 37.0 Å². The molecule has 0 fully saturated rings. The summed E-state index contributed by atoms with van der Waals surface area (Å²) in [5.74, 6) is 0.184. The van der Waals surface area contributed by atoms with Crippen LogP contribution < -0.4 is 4.74 Å². The van der Waals surface area contributed by atoms with Crippen molar-refractivity contribution in [2.75, 3.05) is 6.61 Å². The van der Waals surface area contributed by atoms with E-state index >= 15 is 0 Å². The van der Waals surface area contributed by atoms with Crippen LogP contribution in [0.5, 0.6) is 5.75 Å². The Morgan fingerprint density at radius 2 is 2.00 bits per heavy atom. The summed E-state index contributed by atoms with van der Waals surface area (Å²) in [6.45, 7) is 6.71. The standard InChI is InChI=1S/C15H19N3O3/c1-4-13-14(15(19)20)16-17-18(13)11-5-7-12(8-6-11)21-9-10(2)3/h5-8,10H,4,9H2,1-3H3,(H,19,20). The molecule has 0 saturated heterocycles. The third-order valence-electron chi connectivity index (χ3n) is 2.97. The summed E-state index contributed by atoms with van der Waals surface area (Å²) >= 11 is 0. The SMILES string of the molecule is CCc1c(C(=O)O)nnn1-c1ccc(OCC(C)C)cc1. The first kappa shape index (κ1) is 15.0. The Labute approximate surface area is 123 Å². The summed E-state index contributed by atoms with van der Waals surface area (Å²) in [4.78, 5) is 11.1. The van der Waals surface area contributed by atoms with Gasteiger partial charge in [-0.25, -0.2) is 9.48 Å². The minimum atomic E-state index is -1.06. The number of ether oxygens (including phenoxy) is 1. The zero-order valence-electron chi connectivity index (χ0n) is 12.4. The highest BCUT2D eigenvalue weighted by molar-refractivity contribution is 5.86. The predicted molar refractivity (Wildman–Crippen MR) is 78.0 cm³/mol. The Kier molecular flexibility index (Phi) is 4.57. The molecule has 6 nitrogen and oxygen atoms in total. The van der Waals surface area contributed by atoms with Gasteiger partial charge in [-0.2, -0.15) is 0 Å². The van der Waals surface area contributed by atoms with Crippen molar-refractivity contribution in [2.45, 2.75) is 27.2 Å². The molecule has 0 amide bonds. The van der Waals surface area contributed by atoms with E-state index in [0.717, 1.165) is 11.4 Å². The molecule has 2 aromatic rings. The second-order valence-electron chi connectivity index (χ2n) is 5.15. The Bertz CT molecular complexity index is 618. The molecule has 6 heteroatoms. The second kappa shape index (κ2) is 6.39. The van der Waals surface area contributed by atoms with Crippen molar-refractivity contribution < 1.29 is 14.6 Å². The molecule has 21 heavy (non-hydrogen) atoms. The van der Waals surface area contributed by atoms with Crippen LogP contribution in [0, 0.1) is 5.92 Å². The molecular formula is C15H19N3O3. The van der Waals surface area contributed by atoms with Crippen molar-refractivity contribution >= 4 is 5.97 Å². The van der Waals surface area contributed by atoms with Gasteiger partial charge in [-0.1, -0.05) is 26.0 Å². The number of aromatic nitrogens is 3. The van der Waals surface area contributed by atoms with Gasteiger partial charge in [0.05, 0.1) is 18.0 Å². The van der Waals surface area contributed by atoms with Crippen LogP contribution in [0.25, 0.3) is 5.69 Å². The van der Waals surface area contributed by atoms with Crippen LogP contribution in [-0.4, -0.2) is 32.7 Å². The third-order valence-corrected chi connectivity index (χ3v) is 2.97. The first-order valence-corrected chi connectivity index (χ1v) is 6.94. The predicted octanol–water partition coefficient (Wildman–Crippen LogP) is 2.56. The summed E-state index contributed by atoms with van der Waals surface area (Å²) in [5, 5.41) is 16.7. The van der Waals surface area contributed by atoms with E-state index < -0.39 is 5.97 Å². The van der Waals surface area contributed by atoms with Crippen molar-refractivity contribution in [3.63, 3.8) is 0 Å². The zero-order chi connectivity index (χ0) is 15.4. The lowest BCUT2D eigenvalue weighted by atomic mass is 10.2. The van der Waals surface area contributed by atoms with Crippen molar-refractivity contribution in [1.82, 2.24) is 15.0 Å². The van der Waals surface area contributed by atoms with Crippen molar-refractivity contribution in [2.24, 2.45) is 5.92 Å². The topological polar surface area (TPSA) is 77.2 Å². The van der Waals surface area contributed by atoms with Crippen LogP contribution in [0.2, 0.25) is 0 Å². The number of carboxylic acid groups (broad SMARTS) is 1. The number of carboxylic acids is 1. The highest BCUT2D eigenvalue weighted by atomic mass is 16.5. The molecule has 1 aromatic heterocycles. The maximum Gasteiger partial charge on any atom is 0.358 e. The Morgan fingerprint density at radius 3 is 2.52 bits per heavy atom. The third kappa shape index (κ3) is 3.39. The van der Waals surface area contributed by atoms with Crippen LogP contribution in [-0.2, 0) is 6.42 Å². The minimum absolute atomic E-state index is 0.00219. The fraction of sp³-hybridized carbons (Fsp3) is 0.400. The monoisotopic (exact) mass is 289 g/mol. The summed E-state index contributed by atoms with van der Waals surface area (Å²) in [6.07, 6.45) is 0.542. The van der Waals surface area contributed by atoms with E-state index in [0.29, 0.717) is 24.6 Å². The highest BCUT2D eigenvalue weighted by Crippen LogP contribution is 2.18. The zero-order valence-corrected chi connectivity index (χ0v) is 12.4. The number of hydrogen-bond acceptors (Lipinski definition) is 4. The molecule has 0 unspecified atom stereocenters. The van der Waals surface area contributed by atoms with E-state index in [-0.39, 0.29) is 5.69 Å². The first-order valence-electron chi connectivity index (χ1n) is 6.94. The molecule has 0 aliphatic rings. The van der Waals surface area contributed by atoms with E-state index in [1.54, 1.807) is 4.68 Å². The lowest BCUT2D eigenvalue weighted by Crippen LogP contribution is -2.06. The van der Waals surface area contributed by atoms with Crippen LogP contribution in [0.15, 0.2) is 24.3 Å². The quantitative estimate of drug-likeness (QED) is 0.884. The van der Waals surface area contributed by atoms with Gasteiger partial charge in [-0.3, -0.25) is 0 Å². The van der Waals surface area contributed by atoms with Crippen molar-refractivity contribution in [3.05, 3.63) is 35.7 Å². The summed E-state index contributed by atoms with van der Waals surface area (Å²) in [5.41, 5.74) is 1.35. The molecular weight excluding hydrogens is 270 g/mol. The van der Waals surface area contributed by atoms with E-state index in [1.807, 2.05) is 31.2 Å². The van der Waals surface area contributed by atoms with Gasteiger partial charge in [0.15, 0.2) is 5.69 Å². The Hall–Kier alpha value is -2.37. The average Bonchev–Trinajstić information content (AvgIpc) is 2.89. The first-order chi connectivity index (χ1) is 10.0. The van der Waals surface area contributed by atoms with E-state index in [1.165, 1.54) is 0 Å². The molecule has 1 aromatic carbocycles. The Balaban J connectivity index is 2.24. The fourth-order valence-electron chi connectivity index (χ4n) is 1.94. The molecule has 1 heterocycles. The maximum absolute atomic E-state index is 11.1. The van der Waals surface area contributed by atoms with Crippen LogP contribution in [0.4, 0.5) is 0 Å². The number of benzene rings is 1. The van der Waals surface area contributed by atoms with Gasteiger partial charge in [0.2, 0.25) is 0 Å². The number of hydrogen-bond donors (Lipinski definition) is 1. The molecule has 0 bridgehead atoms. The minimum Gasteiger partial charge on any atom is -0.493 e. The van der Waals surface area contributed by atoms with Gasteiger partial charge < -0.3 is 9.84 Å².